The molecule has 0 atom stereocenters. The third kappa shape index (κ3) is 3.98. The Morgan fingerprint density at radius 1 is 1.14 bits per heavy atom. The lowest BCUT2D eigenvalue weighted by Gasteiger charge is -2.06. The summed E-state index contributed by atoms with van der Waals surface area (Å²) in [6.45, 7) is 0.129. The van der Waals surface area contributed by atoms with Crippen molar-refractivity contribution < 1.29 is 28.6 Å². The van der Waals surface area contributed by atoms with Gasteiger partial charge in [0.25, 0.3) is 0 Å². The summed E-state index contributed by atoms with van der Waals surface area (Å²) < 4.78 is 18.3. The average molecular weight is 322 g/mol. The van der Waals surface area contributed by atoms with E-state index >= 15 is 0 Å². The van der Waals surface area contributed by atoms with Gasteiger partial charge >= 0.3 is 5.97 Å². The number of rotatable bonds is 7. The highest BCUT2D eigenvalue weighted by molar-refractivity contribution is 7.12. The van der Waals surface area contributed by atoms with Crippen LogP contribution in [0.4, 0.5) is 4.39 Å². The van der Waals surface area contributed by atoms with Crippen molar-refractivity contribution in [3.05, 3.63) is 52.0 Å². The highest BCUT2D eigenvalue weighted by Gasteiger charge is 2.21. The second-order valence-electron chi connectivity index (χ2n) is 4.36. The maximum absolute atomic E-state index is 12.8. The summed E-state index contributed by atoms with van der Waals surface area (Å²) in [5.41, 5.74) is 0.715. The van der Waals surface area contributed by atoms with Gasteiger partial charge in [-0.05, 0) is 29.1 Å². The Hall–Kier alpha value is -2.54. The van der Waals surface area contributed by atoms with Crippen LogP contribution in [0.2, 0.25) is 0 Å². The zero-order valence-electron chi connectivity index (χ0n) is 11.2. The summed E-state index contributed by atoms with van der Waals surface area (Å²) in [6.07, 6.45) is -0.706. The molecule has 0 amide bonds. The number of Topliss-reactive ketones (excluding diaryl/α,β-unsaturated/α-hetero) is 2. The van der Waals surface area contributed by atoms with Crippen LogP contribution in [-0.2, 0) is 16.2 Å². The molecule has 0 unspecified atom stereocenters. The van der Waals surface area contributed by atoms with Crippen LogP contribution in [0.5, 0.6) is 5.75 Å². The Kier molecular flexibility index (Phi) is 5.00. The number of ether oxygens (including phenoxy) is 1. The summed E-state index contributed by atoms with van der Waals surface area (Å²) in [5.74, 6) is -3.49. The van der Waals surface area contributed by atoms with Gasteiger partial charge < -0.3 is 9.84 Å². The Labute approximate surface area is 129 Å². The third-order valence-corrected chi connectivity index (χ3v) is 3.69. The maximum atomic E-state index is 12.8. The molecule has 114 valence electrons. The summed E-state index contributed by atoms with van der Waals surface area (Å²) in [4.78, 5) is 33.6. The van der Waals surface area contributed by atoms with Crippen LogP contribution in [0.25, 0.3) is 0 Å². The molecule has 7 heteroatoms. The fourth-order valence-corrected chi connectivity index (χ4v) is 2.43. The molecule has 2 aromatic rings. The van der Waals surface area contributed by atoms with E-state index in [1.807, 2.05) is 0 Å². The first-order valence-electron chi connectivity index (χ1n) is 6.21. The molecule has 0 aliphatic rings. The van der Waals surface area contributed by atoms with Crippen LogP contribution in [0.15, 0.2) is 35.7 Å². The highest BCUT2D eigenvalue weighted by Crippen LogP contribution is 2.27. The van der Waals surface area contributed by atoms with E-state index in [9.17, 15) is 18.8 Å². The van der Waals surface area contributed by atoms with Gasteiger partial charge in [-0.2, -0.15) is 0 Å². The van der Waals surface area contributed by atoms with Crippen LogP contribution in [0.1, 0.15) is 21.7 Å². The summed E-state index contributed by atoms with van der Waals surface area (Å²) in [5, 5.41) is 10.1. The molecule has 0 saturated carbocycles. The Bertz CT molecular complexity index is 705. The van der Waals surface area contributed by atoms with Gasteiger partial charge in [0, 0.05) is 0 Å². The molecule has 1 heterocycles. The van der Waals surface area contributed by atoms with E-state index < -0.39 is 24.0 Å². The Morgan fingerprint density at radius 2 is 1.82 bits per heavy atom. The van der Waals surface area contributed by atoms with E-state index in [1.54, 1.807) is 23.6 Å². The molecule has 1 aromatic heterocycles. The van der Waals surface area contributed by atoms with Crippen molar-refractivity contribution in [1.29, 1.82) is 0 Å². The number of carboxylic acids is 1. The number of halogens is 1. The lowest BCUT2D eigenvalue weighted by molar-refractivity contribution is -0.148. The zero-order valence-corrected chi connectivity index (χ0v) is 12.1. The number of thiophene rings is 1. The second-order valence-corrected chi connectivity index (χ2v) is 5.27. The smallest absolute Gasteiger partial charge is 0.372 e. The highest BCUT2D eigenvalue weighted by atomic mass is 32.1. The van der Waals surface area contributed by atoms with E-state index in [2.05, 4.69) is 0 Å². The Morgan fingerprint density at radius 3 is 2.45 bits per heavy atom. The molecule has 0 aliphatic carbocycles. The van der Waals surface area contributed by atoms with Crippen molar-refractivity contribution in [3.63, 3.8) is 0 Å². The second kappa shape index (κ2) is 6.95. The number of hydrogen-bond donors (Lipinski definition) is 1. The minimum atomic E-state index is -1.64. The summed E-state index contributed by atoms with van der Waals surface area (Å²) in [7, 11) is 0. The number of hydrogen-bond acceptors (Lipinski definition) is 5. The van der Waals surface area contributed by atoms with Gasteiger partial charge in [-0.15, -0.1) is 11.3 Å². The molecule has 5 nitrogen and oxygen atoms in total. The van der Waals surface area contributed by atoms with Crippen molar-refractivity contribution in [2.75, 3.05) is 0 Å². The van der Waals surface area contributed by atoms with Crippen molar-refractivity contribution in [1.82, 2.24) is 0 Å². The molecule has 0 fully saturated rings. The topological polar surface area (TPSA) is 80.7 Å². The molecule has 22 heavy (non-hydrogen) atoms. The number of carbonyl (C=O) groups is 3. The van der Waals surface area contributed by atoms with Gasteiger partial charge in [0.1, 0.15) is 23.1 Å². The average Bonchev–Trinajstić information content (AvgIpc) is 2.95. The lowest BCUT2D eigenvalue weighted by Crippen LogP contribution is -2.17. The monoisotopic (exact) mass is 322 g/mol. The molecule has 0 spiro atoms. The van der Waals surface area contributed by atoms with Crippen molar-refractivity contribution in [3.8, 4) is 5.75 Å². The summed E-state index contributed by atoms with van der Waals surface area (Å²) >= 11 is 1.07. The van der Waals surface area contributed by atoms with Crippen LogP contribution in [0, 0.1) is 5.82 Å². The first kappa shape index (κ1) is 15.8. The molecule has 0 bridgehead atoms. The minimum Gasteiger partial charge on any atom is -0.487 e. The molecule has 1 aromatic carbocycles. The fraction of sp³-hybridized carbons (Fsp3) is 0.133. The quantitative estimate of drug-likeness (QED) is 0.481. The van der Waals surface area contributed by atoms with Crippen LogP contribution in [-0.4, -0.2) is 22.6 Å². The van der Waals surface area contributed by atoms with Gasteiger partial charge in [-0.1, -0.05) is 12.1 Å². The van der Waals surface area contributed by atoms with E-state index in [0.717, 1.165) is 11.3 Å². The maximum Gasteiger partial charge on any atom is 0.372 e. The van der Waals surface area contributed by atoms with E-state index in [0.29, 0.717) is 5.56 Å². The summed E-state index contributed by atoms with van der Waals surface area (Å²) in [6, 6.07) is 7.26. The van der Waals surface area contributed by atoms with Crippen molar-refractivity contribution >= 4 is 28.9 Å². The fourth-order valence-electron chi connectivity index (χ4n) is 1.66. The van der Waals surface area contributed by atoms with Gasteiger partial charge in [-0.3, -0.25) is 9.59 Å². The molecule has 1 N–H and O–H groups in total. The van der Waals surface area contributed by atoms with Crippen LogP contribution in [0.3, 0.4) is 0 Å². The molecular formula is C15H11FO5S. The van der Waals surface area contributed by atoms with Crippen molar-refractivity contribution in [2.24, 2.45) is 0 Å². The lowest BCUT2D eigenvalue weighted by atomic mass is 10.1. The Balaban J connectivity index is 2.03. The van der Waals surface area contributed by atoms with Gasteiger partial charge in [0.15, 0.2) is 5.78 Å². The van der Waals surface area contributed by atoms with E-state index in [4.69, 9.17) is 9.84 Å². The van der Waals surface area contributed by atoms with Crippen LogP contribution >= 0.6 is 11.3 Å². The normalized spacial score (nSPS) is 10.2. The van der Waals surface area contributed by atoms with Gasteiger partial charge in [-0.25, -0.2) is 9.18 Å². The van der Waals surface area contributed by atoms with Gasteiger partial charge in [0.05, 0.1) is 6.42 Å². The first-order chi connectivity index (χ1) is 10.5. The SMILES string of the molecule is O=C(O)C(=O)CC(=O)c1sccc1OCc1ccc(F)cc1. The molecule has 0 radical (unpaired) electrons. The first-order valence-corrected chi connectivity index (χ1v) is 7.09. The number of carboxylic acid groups (broad SMARTS) is 1. The van der Waals surface area contributed by atoms with E-state index in [-0.39, 0.29) is 23.1 Å². The molecular weight excluding hydrogens is 311 g/mol. The predicted molar refractivity (Wildman–Crippen MR) is 76.6 cm³/mol. The molecule has 0 aliphatic heterocycles. The molecule has 0 saturated heterocycles. The number of ketones is 2. The van der Waals surface area contributed by atoms with Gasteiger partial charge in [0.2, 0.25) is 5.78 Å². The minimum absolute atomic E-state index is 0.129. The number of carbonyl (C=O) groups excluding carboxylic acids is 2. The van der Waals surface area contributed by atoms with E-state index in [1.165, 1.54) is 12.1 Å². The standard InChI is InChI=1S/C15H11FO5S/c16-10-3-1-9(2-4-10)8-21-13-5-6-22-14(13)11(17)7-12(18)15(19)20/h1-6H,7-8H2,(H,19,20). The molecule has 2 rings (SSSR count). The largest absolute Gasteiger partial charge is 0.487 e. The number of aliphatic carboxylic acids is 1. The third-order valence-electron chi connectivity index (χ3n) is 2.75. The zero-order chi connectivity index (χ0) is 16.1. The van der Waals surface area contributed by atoms with Crippen molar-refractivity contribution in [2.45, 2.75) is 13.0 Å². The predicted octanol–water partition coefficient (Wildman–Crippen LogP) is 2.69. The van der Waals surface area contributed by atoms with Crippen LogP contribution < -0.4 is 4.74 Å². The number of benzene rings is 1.